The zero-order chi connectivity index (χ0) is 24.1. The van der Waals surface area contributed by atoms with Crippen LogP contribution in [0, 0.1) is 0 Å². The number of carbonyl (C=O) groups is 5. The quantitative estimate of drug-likeness (QED) is 0.0693. The fourth-order valence-corrected chi connectivity index (χ4v) is 2.23. The number of aliphatic carboxylic acids is 2. The number of rotatable bonds is 14. The molecular weight excluding hydrogens is 418 g/mol. The van der Waals surface area contributed by atoms with E-state index in [1.54, 1.807) is 0 Å². The largest absolute Gasteiger partial charge is 0.481 e. The molecule has 15 heteroatoms. The van der Waals surface area contributed by atoms with E-state index in [0.717, 1.165) is 0 Å². The van der Waals surface area contributed by atoms with Crippen molar-refractivity contribution in [3.8, 4) is 0 Å². The molecular formula is C16H29N7O8. The van der Waals surface area contributed by atoms with Gasteiger partial charge in [0, 0.05) is 6.54 Å². The van der Waals surface area contributed by atoms with Gasteiger partial charge in [0.2, 0.25) is 17.7 Å². The molecule has 0 fully saturated rings. The number of carbonyl (C=O) groups excluding carboxylic acids is 3. The van der Waals surface area contributed by atoms with Crippen LogP contribution < -0.4 is 33.2 Å². The Morgan fingerprint density at radius 2 is 1.65 bits per heavy atom. The van der Waals surface area contributed by atoms with Gasteiger partial charge in [0.25, 0.3) is 0 Å². The number of aliphatic imine (C=N–C) groups is 1. The molecule has 0 aromatic rings. The lowest BCUT2D eigenvalue weighted by Crippen LogP contribution is -2.57. The number of carboxylic acid groups (broad SMARTS) is 2. The van der Waals surface area contributed by atoms with Crippen molar-refractivity contribution in [1.29, 1.82) is 0 Å². The molecule has 0 aromatic heterocycles. The highest BCUT2D eigenvalue weighted by atomic mass is 16.4. The lowest BCUT2D eigenvalue weighted by Gasteiger charge is -2.22. The molecule has 0 spiro atoms. The summed E-state index contributed by atoms with van der Waals surface area (Å²) in [5.41, 5.74) is 15.7. The summed E-state index contributed by atoms with van der Waals surface area (Å²) in [6.07, 6.45) is -1.79. The Hall–Kier alpha value is -3.46. The van der Waals surface area contributed by atoms with Crippen LogP contribution in [0.4, 0.5) is 0 Å². The Kier molecular flexibility index (Phi) is 12.2. The second kappa shape index (κ2) is 13.7. The number of amides is 3. The molecule has 0 saturated heterocycles. The van der Waals surface area contributed by atoms with E-state index in [2.05, 4.69) is 20.9 Å². The summed E-state index contributed by atoms with van der Waals surface area (Å²) in [5, 5.41) is 34.0. The van der Waals surface area contributed by atoms with Gasteiger partial charge in [-0.15, -0.1) is 0 Å². The lowest BCUT2D eigenvalue weighted by molar-refractivity contribution is -0.142. The van der Waals surface area contributed by atoms with E-state index in [0.29, 0.717) is 0 Å². The second-order valence-electron chi connectivity index (χ2n) is 6.56. The first-order chi connectivity index (χ1) is 14.3. The fourth-order valence-electron chi connectivity index (χ4n) is 2.23. The standard InChI is InChI=1S/C16H29N7O8/c1-7(24)12(23-13(28)8(17)5-11(26)27)14(29)21-6-10(25)22-9(15(30)31)3-2-4-20-16(18)19/h7-9,12,24H,2-6,17H2,1H3,(H,21,29)(H,22,25)(H,23,28)(H,26,27)(H,30,31)(H4,18,19,20). The van der Waals surface area contributed by atoms with Gasteiger partial charge in [-0.3, -0.25) is 24.2 Å². The Morgan fingerprint density at radius 3 is 2.13 bits per heavy atom. The van der Waals surface area contributed by atoms with Crippen LogP contribution in [-0.4, -0.2) is 88.3 Å². The van der Waals surface area contributed by atoms with Crippen LogP contribution in [0.5, 0.6) is 0 Å². The molecule has 31 heavy (non-hydrogen) atoms. The van der Waals surface area contributed by atoms with Gasteiger partial charge in [-0.05, 0) is 19.8 Å². The molecule has 0 rings (SSSR count). The molecule has 0 aromatic carbocycles. The van der Waals surface area contributed by atoms with E-state index < -0.39 is 66.9 Å². The molecule has 0 aliphatic carbocycles. The minimum atomic E-state index is -1.52. The Bertz CT molecular complexity index is 693. The zero-order valence-electron chi connectivity index (χ0n) is 16.9. The van der Waals surface area contributed by atoms with E-state index in [1.165, 1.54) is 6.92 Å². The number of aliphatic hydroxyl groups excluding tert-OH is 1. The van der Waals surface area contributed by atoms with Crippen molar-refractivity contribution in [1.82, 2.24) is 16.0 Å². The van der Waals surface area contributed by atoms with E-state index >= 15 is 0 Å². The summed E-state index contributed by atoms with van der Waals surface area (Å²) in [6, 6.07) is -4.22. The van der Waals surface area contributed by atoms with Crippen molar-refractivity contribution in [3.63, 3.8) is 0 Å². The molecule has 0 saturated carbocycles. The van der Waals surface area contributed by atoms with Crippen LogP contribution in [0.2, 0.25) is 0 Å². The third-order valence-electron chi connectivity index (χ3n) is 3.80. The molecule has 15 nitrogen and oxygen atoms in total. The Balaban J connectivity index is 4.73. The van der Waals surface area contributed by atoms with Crippen LogP contribution in [0.1, 0.15) is 26.2 Å². The number of carboxylic acids is 2. The maximum atomic E-state index is 12.2. The first kappa shape index (κ1) is 27.5. The maximum Gasteiger partial charge on any atom is 0.326 e. The Morgan fingerprint density at radius 1 is 1.03 bits per heavy atom. The molecule has 0 heterocycles. The van der Waals surface area contributed by atoms with Crippen LogP contribution >= 0.6 is 0 Å². The number of nitrogens with one attached hydrogen (secondary N) is 3. The van der Waals surface area contributed by atoms with Crippen molar-refractivity contribution in [2.75, 3.05) is 13.1 Å². The molecule has 12 N–H and O–H groups in total. The molecule has 176 valence electrons. The van der Waals surface area contributed by atoms with Crippen molar-refractivity contribution in [2.45, 2.75) is 50.4 Å². The molecule has 0 bridgehead atoms. The SMILES string of the molecule is CC(O)C(NC(=O)C(N)CC(=O)O)C(=O)NCC(=O)NC(CCCN=C(N)N)C(=O)O. The summed E-state index contributed by atoms with van der Waals surface area (Å²) in [5.74, 6) is -5.56. The minimum absolute atomic E-state index is 0.0274. The van der Waals surface area contributed by atoms with E-state index in [1.807, 2.05) is 0 Å². The van der Waals surface area contributed by atoms with Gasteiger partial charge in [-0.1, -0.05) is 0 Å². The molecule has 0 aliphatic rings. The zero-order valence-corrected chi connectivity index (χ0v) is 16.9. The first-order valence-electron chi connectivity index (χ1n) is 9.16. The van der Waals surface area contributed by atoms with Crippen molar-refractivity contribution in [2.24, 2.45) is 22.2 Å². The summed E-state index contributed by atoms with van der Waals surface area (Å²) in [4.78, 5) is 61.5. The molecule has 0 radical (unpaired) electrons. The highest BCUT2D eigenvalue weighted by Gasteiger charge is 2.29. The number of nitrogens with two attached hydrogens (primary N) is 3. The highest BCUT2D eigenvalue weighted by Crippen LogP contribution is 1.99. The molecule has 4 unspecified atom stereocenters. The average Bonchev–Trinajstić information content (AvgIpc) is 2.64. The summed E-state index contributed by atoms with van der Waals surface area (Å²) < 4.78 is 0. The third-order valence-corrected chi connectivity index (χ3v) is 3.80. The number of hydrogen-bond acceptors (Lipinski definition) is 8. The van der Waals surface area contributed by atoms with Gasteiger partial charge in [0.15, 0.2) is 5.96 Å². The lowest BCUT2D eigenvalue weighted by atomic mass is 10.1. The smallest absolute Gasteiger partial charge is 0.326 e. The third kappa shape index (κ3) is 12.0. The summed E-state index contributed by atoms with van der Waals surface area (Å²) >= 11 is 0. The van der Waals surface area contributed by atoms with E-state index in [-0.39, 0.29) is 25.3 Å². The predicted molar refractivity (Wildman–Crippen MR) is 106 cm³/mol. The summed E-state index contributed by atoms with van der Waals surface area (Å²) in [7, 11) is 0. The van der Waals surface area contributed by atoms with Gasteiger partial charge < -0.3 is 48.5 Å². The second-order valence-corrected chi connectivity index (χ2v) is 6.56. The number of hydrogen-bond donors (Lipinski definition) is 9. The predicted octanol–water partition coefficient (Wildman–Crippen LogP) is -4.61. The van der Waals surface area contributed by atoms with Crippen molar-refractivity contribution >= 4 is 35.6 Å². The highest BCUT2D eigenvalue weighted by molar-refractivity contribution is 5.93. The molecule has 0 aliphatic heterocycles. The van der Waals surface area contributed by atoms with Gasteiger partial charge >= 0.3 is 11.9 Å². The first-order valence-corrected chi connectivity index (χ1v) is 9.16. The Labute approximate surface area is 177 Å². The monoisotopic (exact) mass is 447 g/mol. The van der Waals surface area contributed by atoms with Gasteiger partial charge in [-0.2, -0.15) is 0 Å². The number of nitrogens with zero attached hydrogens (tertiary/aromatic N) is 1. The van der Waals surface area contributed by atoms with Crippen LogP contribution in [0.25, 0.3) is 0 Å². The van der Waals surface area contributed by atoms with Gasteiger partial charge in [0.05, 0.1) is 25.1 Å². The van der Waals surface area contributed by atoms with Gasteiger partial charge in [-0.25, -0.2) is 4.79 Å². The van der Waals surface area contributed by atoms with E-state index in [9.17, 15) is 29.1 Å². The fraction of sp³-hybridized carbons (Fsp3) is 0.625. The van der Waals surface area contributed by atoms with Crippen molar-refractivity contribution in [3.05, 3.63) is 0 Å². The maximum absolute atomic E-state index is 12.2. The average molecular weight is 447 g/mol. The normalized spacial score (nSPS) is 14.3. The molecule has 3 amide bonds. The van der Waals surface area contributed by atoms with Crippen molar-refractivity contribution < 1.29 is 39.3 Å². The summed E-state index contributed by atoms with van der Waals surface area (Å²) in [6.45, 7) is 0.708. The molecule has 4 atom stereocenters. The van der Waals surface area contributed by atoms with E-state index in [4.69, 9.17) is 27.4 Å². The number of guanidine groups is 1. The van der Waals surface area contributed by atoms with Crippen LogP contribution in [0.3, 0.4) is 0 Å². The van der Waals surface area contributed by atoms with Gasteiger partial charge in [0.1, 0.15) is 12.1 Å². The minimum Gasteiger partial charge on any atom is -0.481 e. The number of aliphatic hydroxyl groups is 1. The van der Waals surface area contributed by atoms with Crippen LogP contribution in [0.15, 0.2) is 4.99 Å². The van der Waals surface area contributed by atoms with Crippen LogP contribution in [-0.2, 0) is 24.0 Å². The topological polar surface area (TPSA) is 273 Å².